The van der Waals surface area contributed by atoms with Crippen LogP contribution in [0.5, 0.6) is 0 Å². The summed E-state index contributed by atoms with van der Waals surface area (Å²) >= 11 is 0.854. The van der Waals surface area contributed by atoms with E-state index in [9.17, 15) is 14.4 Å². The molecule has 1 aromatic rings. The van der Waals surface area contributed by atoms with Crippen molar-refractivity contribution in [2.75, 3.05) is 6.61 Å². The molecule has 1 aliphatic heterocycles. The minimum atomic E-state index is -0.768. The third-order valence-corrected chi connectivity index (χ3v) is 4.10. The molecule has 0 fully saturated rings. The number of hydrogen-bond acceptors (Lipinski definition) is 8. The first-order valence-electron chi connectivity index (χ1n) is 7.53. The van der Waals surface area contributed by atoms with Gasteiger partial charge in [0.25, 0.3) is 0 Å². The molecule has 0 bridgehead atoms. The first-order valence-corrected chi connectivity index (χ1v) is 8.33. The second kappa shape index (κ2) is 9.12. The van der Waals surface area contributed by atoms with Gasteiger partial charge in [-0.3, -0.25) is 9.59 Å². The maximum atomic E-state index is 12.0. The van der Waals surface area contributed by atoms with Gasteiger partial charge in [0.1, 0.15) is 11.9 Å². The Morgan fingerprint density at radius 2 is 1.84 bits per heavy atom. The molecule has 0 saturated carbocycles. The molecule has 0 aromatic heterocycles. The number of rotatable bonds is 6. The predicted octanol–water partition coefficient (Wildman–Crippen LogP) is 2.27. The molecule has 3 atom stereocenters. The third kappa shape index (κ3) is 5.82. The molecular weight excluding hydrogens is 348 g/mol. The lowest BCUT2D eigenvalue weighted by Crippen LogP contribution is -2.44. The van der Waals surface area contributed by atoms with Crippen molar-refractivity contribution in [2.24, 2.45) is 0 Å². The van der Waals surface area contributed by atoms with Crippen LogP contribution in [0.4, 0.5) is 0 Å². The minimum absolute atomic E-state index is 0.0820. The molecule has 1 unspecified atom stereocenters. The molecule has 8 heteroatoms. The first kappa shape index (κ1) is 18.9. The van der Waals surface area contributed by atoms with E-state index >= 15 is 0 Å². The maximum Gasteiger partial charge on any atom is 0.350 e. The van der Waals surface area contributed by atoms with Gasteiger partial charge >= 0.3 is 17.9 Å². The molecule has 0 radical (unpaired) electrons. The molecule has 0 spiro atoms. The van der Waals surface area contributed by atoms with Crippen LogP contribution in [0.2, 0.25) is 0 Å². The molecule has 2 rings (SSSR count). The summed E-state index contributed by atoms with van der Waals surface area (Å²) in [7, 11) is 0. The average molecular weight is 366 g/mol. The number of esters is 2. The van der Waals surface area contributed by atoms with Gasteiger partial charge in [0.2, 0.25) is 0 Å². The van der Waals surface area contributed by atoms with Crippen LogP contribution in [-0.2, 0) is 28.0 Å². The third-order valence-electron chi connectivity index (χ3n) is 3.21. The van der Waals surface area contributed by atoms with Crippen molar-refractivity contribution in [1.82, 2.24) is 0 Å². The van der Waals surface area contributed by atoms with E-state index in [1.165, 1.54) is 20.1 Å². The van der Waals surface area contributed by atoms with E-state index in [1.807, 2.05) is 0 Å². The van der Waals surface area contributed by atoms with E-state index < -0.39 is 35.4 Å². The van der Waals surface area contributed by atoms with Crippen LogP contribution in [0.3, 0.4) is 0 Å². The van der Waals surface area contributed by atoms with Crippen molar-refractivity contribution in [1.29, 1.82) is 0 Å². The van der Waals surface area contributed by atoms with E-state index in [1.54, 1.807) is 36.4 Å². The van der Waals surface area contributed by atoms with Crippen molar-refractivity contribution in [3.8, 4) is 0 Å². The fraction of sp³-hybridized carbons (Fsp3) is 0.353. The Morgan fingerprint density at radius 3 is 2.48 bits per heavy atom. The Kier molecular flexibility index (Phi) is 6.88. The molecule has 1 heterocycles. The lowest BCUT2D eigenvalue weighted by molar-refractivity contribution is -0.159. The maximum absolute atomic E-state index is 12.0. The average Bonchev–Trinajstić information content (AvgIpc) is 2.59. The van der Waals surface area contributed by atoms with E-state index in [-0.39, 0.29) is 6.61 Å². The van der Waals surface area contributed by atoms with Gasteiger partial charge in [-0.2, -0.15) is 0 Å². The minimum Gasteiger partial charge on any atom is -0.491 e. The highest BCUT2D eigenvalue weighted by molar-refractivity contribution is 7.95. The van der Waals surface area contributed by atoms with Gasteiger partial charge < -0.3 is 18.4 Å². The van der Waals surface area contributed by atoms with Crippen LogP contribution >= 0.6 is 12.0 Å². The Hall–Kier alpha value is -2.48. The first-order chi connectivity index (χ1) is 12.0. The smallest absolute Gasteiger partial charge is 0.350 e. The molecule has 0 N–H and O–H groups in total. The van der Waals surface area contributed by atoms with Crippen molar-refractivity contribution in [3.63, 3.8) is 0 Å². The van der Waals surface area contributed by atoms with Crippen molar-refractivity contribution in [3.05, 3.63) is 48.2 Å². The fourth-order valence-corrected chi connectivity index (χ4v) is 2.86. The number of ether oxygens (including phenoxy) is 3. The zero-order chi connectivity index (χ0) is 18.2. The van der Waals surface area contributed by atoms with Gasteiger partial charge in [-0.05, 0) is 18.2 Å². The lowest BCUT2D eigenvalue weighted by Gasteiger charge is -2.32. The molecule has 1 aromatic carbocycles. The Balaban J connectivity index is 2.01. The second-order valence-electron chi connectivity index (χ2n) is 5.18. The van der Waals surface area contributed by atoms with Crippen molar-refractivity contribution < 1.29 is 32.8 Å². The topological polar surface area (TPSA) is 88.1 Å². The van der Waals surface area contributed by atoms with Gasteiger partial charge in [-0.1, -0.05) is 18.2 Å². The van der Waals surface area contributed by atoms with Crippen LogP contribution < -0.4 is 0 Å². The fourth-order valence-electron chi connectivity index (χ4n) is 2.10. The van der Waals surface area contributed by atoms with Gasteiger partial charge in [0.15, 0.2) is 12.2 Å². The number of carbonyl (C=O) groups is 3. The largest absolute Gasteiger partial charge is 0.491 e. The summed E-state index contributed by atoms with van der Waals surface area (Å²) in [5.74, 6) is -1.50. The zero-order valence-electron chi connectivity index (χ0n) is 13.7. The number of hydrogen-bond donors (Lipinski definition) is 0. The summed E-state index contributed by atoms with van der Waals surface area (Å²) < 4.78 is 20.8. The molecule has 134 valence electrons. The van der Waals surface area contributed by atoms with Gasteiger partial charge in [-0.15, -0.1) is 0 Å². The Morgan fingerprint density at radius 1 is 1.12 bits per heavy atom. The van der Waals surface area contributed by atoms with E-state index in [0.29, 0.717) is 5.56 Å². The van der Waals surface area contributed by atoms with Crippen LogP contribution in [0.15, 0.2) is 42.7 Å². The van der Waals surface area contributed by atoms with Gasteiger partial charge in [-0.25, -0.2) is 4.79 Å². The summed E-state index contributed by atoms with van der Waals surface area (Å²) in [5.41, 5.74) is 0.409. The summed E-state index contributed by atoms with van der Waals surface area (Å²) in [6.45, 7) is 2.45. The summed E-state index contributed by atoms with van der Waals surface area (Å²) in [6, 6.07) is 8.52. The Labute approximate surface area is 149 Å². The van der Waals surface area contributed by atoms with Crippen molar-refractivity contribution in [2.45, 2.75) is 31.3 Å². The number of carbonyl (C=O) groups excluding carboxylic acids is 3. The highest BCUT2D eigenvalue weighted by atomic mass is 32.2. The van der Waals surface area contributed by atoms with Gasteiger partial charge in [0, 0.05) is 13.8 Å². The normalized spacial score (nSPS) is 21.8. The van der Waals surface area contributed by atoms with Crippen molar-refractivity contribution >= 4 is 30.0 Å². The Bertz CT molecular complexity index is 644. The SMILES string of the molecule is CC(=O)OCC1OC=C[C@@H](SOC(=O)c2ccccc2)[C@H]1OC(C)=O. The van der Waals surface area contributed by atoms with Gasteiger partial charge in [0.05, 0.1) is 23.9 Å². The highest BCUT2D eigenvalue weighted by Crippen LogP contribution is 2.28. The molecule has 0 saturated heterocycles. The monoisotopic (exact) mass is 366 g/mol. The predicted molar refractivity (Wildman–Crippen MR) is 89.4 cm³/mol. The summed E-state index contributed by atoms with van der Waals surface area (Å²) in [4.78, 5) is 34.4. The summed E-state index contributed by atoms with van der Waals surface area (Å²) in [5, 5.41) is -0.495. The highest BCUT2D eigenvalue weighted by Gasteiger charge is 2.37. The van der Waals surface area contributed by atoms with E-state index in [4.69, 9.17) is 18.4 Å². The number of benzene rings is 1. The lowest BCUT2D eigenvalue weighted by atomic mass is 10.1. The van der Waals surface area contributed by atoms with Crippen LogP contribution in [-0.4, -0.2) is 42.0 Å². The quantitative estimate of drug-likeness (QED) is 0.560. The summed E-state index contributed by atoms with van der Waals surface area (Å²) in [6.07, 6.45) is 1.56. The van der Waals surface area contributed by atoms with E-state index in [0.717, 1.165) is 12.0 Å². The zero-order valence-corrected chi connectivity index (χ0v) is 14.6. The second-order valence-corrected chi connectivity index (χ2v) is 6.08. The van der Waals surface area contributed by atoms with Crippen LogP contribution in [0.1, 0.15) is 24.2 Å². The molecule has 7 nitrogen and oxygen atoms in total. The van der Waals surface area contributed by atoms with Crippen LogP contribution in [0.25, 0.3) is 0 Å². The standard InChI is InChI=1S/C17H18O7S/c1-11(18)22-10-14-16(23-12(2)19)15(8-9-21-14)25-24-17(20)13-6-4-3-5-7-13/h3-9,14-16H,10H2,1-2H3/t14?,15-,16+/m1/s1. The molecule has 0 amide bonds. The molecule has 25 heavy (non-hydrogen) atoms. The molecule has 1 aliphatic rings. The van der Waals surface area contributed by atoms with E-state index in [2.05, 4.69) is 0 Å². The molecule has 0 aliphatic carbocycles. The van der Waals surface area contributed by atoms with Crippen LogP contribution in [0, 0.1) is 0 Å². The molecular formula is C17H18O7S.